The molecule has 0 aromatic heterocycles. The smallest absolute Gasteiger partial charge is 0.411 e. The number of carbonyl (C=O) groups is 2. The molecule has 1 heterocycles. The molecule has 0 spiro atoms. The van der Waals surface area contributed by atoms with Crippen molar-refractivity contribution < 1.29 is 14.3 Å². The van der Waals surface area contributed by atoms with Gasteiger partial charge in [-0.25, -0.2) is 4.79 Å². The van der Waals surface area contributed by atoms with E-state index in [-0.39, 0.29) is 11.9 Å². The van der Waals surface area contributed by atoms with Crippen LogP contribution in [0.15, 0.2) is 0 Å². The molecule has 1 rings (SSSR count). The summed E-state index contributed by atoms with van der Waals surface area (Å²) in [5.74, 6) is 1.75. The summed E-state index contributed by atoms with van der Waals surface area (Å²) >= 11 is 1.59. The van der Waals surface area contributed by atoms with E-state index in [0.717, 1.165) is 12.8 Å². The van der Waals surface area contributed by atoms with E-state index in [1.807, 2.05) is 27.7 Å². The normalized spacial score (nSPS) is 19.8. The summed E-state index contributed by atoms with van der Waals surface area (Å²) in [5.41, 5.74) is -0.546. The van der Waals surface area contributed by atoms with Gasteiger partial charge in [0.05, 0.1) is 5.88 Å². The van der Waals surface area contributed by atoms with Gasteiger partial charge in [0.2, 0.25) is 5.91 Å². The zero-order valence-electron chi connectivity index (χ0n) is 15.3. The Balaban J connectivity index is 2.49. The van der Waals surface area contributed by atoms with Gasteiger partial charge in [0.1, 0.15) is 11.6 Å². The number of amides is 2. The lowest BCUT2D eigenvalue weighted by molar-refractivity contribution is -0.125. The Hall–Kier alpha value is -0.910. The zero-order valence-corrected chi connectivity index (χ0v) is 16.2. The van der Waals surface area contributed by atoms with Gasteiger partial charge < -0.3 is 10.1 Å². The molecule has 0 aromatic carbocycles. The van der Waals surface area contributed by atoms with E-state index in [2.05, 4.69) is 19.2 Å². The van der Waals surface area contributed by atoms with Gasteiger partial charge in [-0.2, -0.15) is 0 Å². The summed E-state index contributed by atoms with van der Waals surface area (Å²) in [6, 6.07) is -0.297. The maximum Gasteiger partial charge on any atom is 0.411 e. The maximum atomic E-state index is 12.5. The summed E-state index contributed by atoms with van der Waals surface area (Å²) in [6.07, 6.45) is 2.84. The lowest BCUT2D eigenvalue weighted by Gasteiger charge is -2.28. The minimum Gasteiger partial charge on any atom is -0.444 e. The van der Waals surface area contributed by atoms with Crippen LogP contribution in [0, 0.1) is 5.92 Å². The molecule has 2 unspecified atom stereocenters. The standard InChI is InChI=1S/C17H32N2O3S/c1-12(2)8-7-9-13(3)18-15(20)14-10-23-11-19(14)16(21)22-17(4,5)6/h12-14H,7-11H2,1-6H3,(H,18,20). The van der Waals surface area contributed by atoms with E-state index < -0.39 is 17.7 Å². The molecule has 5 nitrogen and oxygen atoms in total. The van der Waals surface area contributed by atoms with Gasteiger partial charge in [-0.3, -0.25) is 9.69 Å². The minimum absolute atomic E-state index is 0.0714. The lowest BCUT2D eigenvalue weighted by Crippen LogP contribution is -2.50. The Bertz CT molecular complexity index is 407. The molecule has 134 valence electrons. The molecule has 1 saturated heterocycles. The average Bonchev–Trinajstić information content (AvgIpc) is 2.85. The van der Waals surface area contributed by atoms with Crippen molar-refractivity contribution in [1.29, 1.82) is 0 Å². The van der Waals surface area contributed by atoms with Crippen molar-refractivity contribution in [2.45, 2.75) is 78.5 Å². The third-order valence-electron chi connectivity index (χ3n) is 3.62. The molecule has 0 bridgehead atoms. The van der Waals surface area contributed by atoms with E-state index >= 15 is 0 Å². The SMILES string of the molecule is CC(C)CCCC(C)NC(=O)C1CSCN1C(=O)OC(C)(C)C. The first kappa shape index (κ1) is 20.1. The first-order valence-electron chi connectivity index (χ1n) is 8.48. The van der Waals surface area contributed by atoms with E-state index in [0.29, 0.717) is 17.5 Å². The number of hydrogen-bond acceptors (Lipinski definition) is 4. The van der Waals surface area contributed by atoms with Crippen LogP contribution < -0.4 is 5.32 Å². The van der Waals surface area contributed by atoms with Crippen LogP contribution >= 0.6 is 11.8 Å². The molecule has 1 fully saturated rings. The number of ether oxygens (including phenoxy) is 1. The fourth-order valence-corrected chi connectivity index (χ4v) is 3.55. The van der Waals surface area contributed by atoms with Crippen LogP contribution in [0.1, 0.15) is 60.8 Å². The van der Waals surface area contributed by atoms with Gasteiger partial charge in [-0.15, -0.1) is 11.8 Å². The summed E-state index contributed by atoms with van der Waals surface area (Å²) < 4.78 is 5.39. The van der Waals surface area contributed by atoms with Crippen LogP contribution in [0.4, 0.5) is 4.79 Å². The van der Waals surface area contributed by atoms with Gasteiger partial charge >= 0.3 is 6.09 Å². The summed E-state index contributed by atoms with van der Waals surface area (Å²) in [5, 5.41) is 3.04. The first-order chi connectivity index (χ1) is 10.6. The Kier molecular flexibility index (Phi) is 7.71. The molecule has 0 saturated carbocycles. The fraction of sp³-hybridized carbons (Fsp3) is 0.882. The van der Waals surface area contributed by atoms with Crippen molar-refractivity contribution in [2.24, 2.45) is 5.92 Å². The molecular formula is C17H32N2O3S. The van der Waals surface area contributed by atoms with Crippen molar-refractivity contribution in [2.75, 3.05) is 11.6 Å². The molecule has 1 N–H and O–H groups in total. The van der Waals surface area contributed by atoms with Gasteiger partial charge in [0.25, 0.3) is 0 Å². The van der Waals surface area contributed by atoms with Crippen molar-refractivity contribution in [3.8, 4) is 0 Å². The predicted octanol–water partition coefficient (Wildman–Crippen LogP) is 3.63. The fourth-order valence-electron chi connectivity index (χ4n) is 2.40. The molecule has 2 amide bonds. The zero-order chi connectivity index (χ0) is 17.6. The van der Waals surface area contributed by atoms with Crippen LogP contribution in [0.2, 0.25) is 0 Å². The second-order valence-corrected chi connectivity index (χ2v) is 8.70. The van der Waals surface area contributed by atoms with Gasteiger partial charge in [-0.05, 0) is 40.0 Å². The number of nitrogens with one attached hydrogen (secondary N) is 1. The van der Waals surface area contributed by atoms with Crippen molar-refractivity contribution >= 4 is 23.8 Å². The van der Waals surface area contributed by atoms with Gasteiger partial charge in [-0.1, -0.05) is 26.7 Å². The summed E-state index contributed by atoms with van der Waals surface area (Å²) in [4.78, 5) is 26.2. The molecule has 1 aliphatic rings. The van der Waals surface area contributed by atoms with Gasteiger partial charge in [0, 0.05) is 11.8 Å². The number of rotatable bonds is 6. The highest BCUT2D eigenvalue weighted by atomic mass is 32.2. The third-order valence-corrected chi connectivity index (χ3v) is 4.63. The van der Waals surface area contributed by atoms with Crippen LogP contribution in [-0.4, -0.2) is 46.2 Å². The van der Waals surface area contributed by atoms with Crippen LogP contribution in [0.5, 0.6) is 0 Å². The van der Waals surface area contributed by atoms with E-state index in [1.165, 1.54) is 11.3 Å². The van der Waals surface area contributed by atoms with Gasteiger partial charge in [0.15, 0.2) is 0 Å². The monoisotopic (exact) mass is 344 g/mol. The number of thioether (sulfide) groups is 1. The highest BCUT2D eigenvalue weighted by molar-refractivity contribution is 7.99. The lowest BCUT2D eigenvalue weighted by atomic mass is 10.0. The van der Waals surface area contributed by atoms with E-state index in [1.54, 1.807) is 11.8 Å². The van der Waals surface area contributed by atoms with E-state index in [9.17, 15) is 9.59 Å². The van der Waals surface area contributed by atoms with E-state index in [4.69, 9.17) is 4.74 Å². The number of nitrogens with zero attached hydrogens (tertiary/aromatic N) is 1. The molecule has 0 aromatic rings. The summed E-state index contributed by atoms with van der Waals surface area (Å²) in [7, 11) is 0. The summed E-state index contributed by atoms with van der Waals surface area (Å²) in [6.45, 7) is 11.9. The Morgan fingerprint density at radius 1 is 1.26 bits per heavy atom. The second-order valence-electron chi connectivity index (χ2n) is 7.70. The minimum atomic E-state index is -0.546. The van der Waals surface area contributed by atoms with Crippen LogP contribution in [0.25, 0.3) is 0 Å². The average molecular weight is 345 g/mol. The Morgan fingerprint density at radius 2 is 1.91 bits per heavy atom. The maximum absolute atomic E-state index is 12.5. The molecule has 6 heteroatoms. The van der Waals surface area contributed by atoms with Crippen LogP contribution in [0.3, 0.4) is 0 Å². The molecule has 1 aliphatic heterocycles. The van der Waals surface area contributed by atoms with Crippen molar-refractivity contribution in [1.82, 2.24) is 10.2 Å². The highest BCUT2D eigenvalue weighted by Crippen LogP contribution is 2.24. The van der Waals surface area contributed by atoms with Crippen LogP contribution in [-0.2, 0) is 9.53 Å². The largest absolute Gasteiger partial charge is 0.444 e. The molecule has 2 atom stereocenters. The first-order valence-corrected chi connectivity index (χ1v) is 9.63. The molecule has 0 aliphatic carbocycles. The quantitative estimate of drug-likeness (QED) is 0.799. The Morgan fingerprint density at radius 3 is 2.48 bits per heavy atom. The van der Waals surface area contributed by atoms with Crippen molar-refractivity contribution in [3.05, 3.63) is 0 Å². The number of carbonyl (C=O) groups excluding carboxylic acids is 2. The highest BCUT2D eigenvalue weighted by Gasteiger charge is 2.37. The Labute approximate surface area is 144 Å². The second kappa shape index (κ2) is 8.81. The van der Waals surface area contributed by atoms with Crippen molar-refractivity contribution in [3.63, 3.8) is 0 Å². The topological polar surface area (TPSA) is 58.6 Å². The predicted molar refractivity (Wildman–Crippen MR) is 95.5 cm³/mol. The molecule has 0 radical (unpaired) electrons. The third kappa shape index (κ3) is 7.46. The number of hydrogen-bond donors (Lipinski definition) is 1. The molecular weight excluding hydrogens is 312 g/mol. The molecule has 23 heavy (non-hydrogen) atoms.